The van der Waals surface area contributed by atoms with Crippen LogP contribution >= 0.6 is 0 Å². The number of allylic oxidation sites excluding steroid dienone is 1. The molecule has 120 valence electrons. The maximum absolute atomic E-state index is 13.9. The molecule has 0 spiro atoms. The lowest BCUT2D eigenvalue weighted by Gasteiger charge is -2.25. The van der Waals surface area contributed by atoms with Crippen molar-refractivity contribution >= 4 is 5.97 Å². The predicted molar refractivity (Wildman–Crippen MR) is 65.4 cm³/mol. The standard InChI is InChI=1S/C13H11F5N2O2/c1-19-10(14)9(13(15,16)17)20(18)11(19)7-3-5-8(6-4-7)12(21)22-2/h3-6,11H,1-2H3. The van der Waals surface area contributed by atoms with Crippen LogP contribution < -0.4 is 0 Å². The molecule has 1 unspecified atom stereocenters. The van der Waals surface area contributed by atoms with Gasteiger partial charge in [0, 0.05) is 7.05 Å². The van der Waals surface area contributed by atoms with Crippen molar-refractivity contribution in [2.45, 2.75) is 12.3 Å². The van der Waals surface area contributed by atoms with Crippen LogP contribution in [0.5, 0.6) is 0 Å². The third-order valence-corrected chi connectivity index (χ3v) is 3.20. The quantitative estimate of drug-likeness (QED) is 0.362. The molecule has 1 aliphatic rings. The number of ether oxygens (including phenoxy) is 1. The number of hydrogen-bond donors (Lipinski definition) is 0. The number of alkyl halides is 3. The van der Waals surface area contributed by atoms with E-state index in [1.165, 1.54) is 31.4 Å². The van der Waals surface area contributed by atoms with E-state index < -0.39 is 35.1 Å². The van der Waals surface area contributed by atoms with Crippen LogP contribution in [-0.2, 0) is 4.74 Å². The minimum Gasteiger partial charge on any atom is -0.465 e. The summed E-state index contributed by atoms with van der Waals surface area (Å²) in [7, 11) is 2.17. The third-order valence-electron chi connectivity index (χ3n) is 3.20. The molecule has 9 heteroatoms. The van der Waals surface area contributed by atoms with Crippen LogP contribution in [0.2, 0.25) is 0 Å². The molecule has 1 aromatic carbocycles. The minimum atomic E-state index is -5.16. The van der Waals surface area contributed by atoms with E-state index in [0.717, 1.165) is 7.05 Å². The van der Waals surface area contributed by atoms with Crippen LogP contribution in [0.3, 0.4) is 0 Å². The summed E-state index contributed by atoms with van der Waals surface area (Å²) in [5.41, 5.74) is -1.80. The Balaban J connectivity index is 2.33. The second-order valence-electron chi connectivity index (χ2n) is 4.55. The summed E-state index contributed by atoms with van der Waals surface area (Å²) in [5, 5.41) is -0.678. The van der Waals surface area contributed by atoms with E-state index in [4.69, 9.17) is 0 Å². The summed E-state index contributed by atoms with van der Waals surface area (Å²) < 4.78 is 70.1. The Labute approximate surface area is 122 Å². The Bertz CT molecular complexity index is 612. The zero-order valence-corrected chi connectivity index (χ0v) is 11.5. The number of methoxy groups -OCH3 is 1. The monoisotopic (exact) mass is 322 g/mol. The normalized spacial score (nSPS) is 19.0. The molecule has 2 rings (SSSR count). The molecule has 1 aliphatic heterocycles. The number of nitrogens with zero attached hydrogens (tertiary/aromatic N) is 2. The van der Waals surface area contributed by atoms with Crippen LogP contribution in [0.25, 0.3) is 0 Å². The van der Waals surface area contributed by atoms with Crippen molar-refractivity contribution < 1.29 is 31.6 Å². The summed E-state index contributed by atoms with van der Waals surface area (Å²) in [6, 6.07) is 4.97. The maximum Gasteiger partial charge on any atom is 0.438 e. The maximum atomic E-state index is 13.9. The van der Waals surface area contributed by atoms with Gasteiger partial charge in [-0.3, -0.25) is 0 Å². The summed E-state index contributed by atoms with van der Waals surface area (Å²) in [6.45, 7) is 0. The molecular formula is C13H11F5N2O2. The van der Waals surface area contributed by atoms with Crippen molar-refractivity contribution in [3.05, 3.63) is 47.0 Å². The molecule has 0 radical (unpaired) electrons. The van der Waals surface area contributed by atoms with Crippen molar-refractivity contribution in [2.24, 2.45) is 0 Å². The molecular weight excluding hydrogens is 311 g/mol. The summed E-state index contributed by atoms with van der Waals surface area (Å²) >= 11 is 0. The molecule has 1 atom stereocenters. The number of halogens is 5. The zero-order chi connectivity index (χ0) is 16.7. The van der Waals surface area contributed by atoms with E-state index in [1.54, 1.807) is 0 Å². The molecule has 0 fully saturated rings. The fraction of sp³-hybridized carbons (Fsp3) is 0.308. The Hall–Kier alpha value is -2.32. The SMILES string of the molecule is COC(=O)c1ccc(C2N(C)C(F)=C(C(F)(F)F)N2F)cc1. The number of esters is 1. The Morgan fingerprint density at radius 3 is 2.18 bits per heavy atom. The van der Waals surface area contributed by atoms with Gasteiger partial charge in [0.15, 0.2) is 6.17 Å². The van der Waals surface area contributed by atoms with Gasteiger partial charge in [-0.15, -0.1) is 0 Å². The highest BCUT2D eigenvalue weighted by Crippen LogP contribution is 2.45. The van der Waals surface area contributed by atoms with Crippen LogP contribution in [0.4, 0.5) is 22.0 Å². The zero-order valence-electron chi connectivity index (χ0n) is 11.5. The second kappa shape index (κ2) is 5.47. The second-order valence-corrected chi connectivity index (χ2v) is 4.55. The molecule has 0 aliphatic carbocycles. The average molecular weight is 322 g/mol. The third kappa shape index (κ3) is 2.58. The van der Waals surface area contributed by atoms with Gasteiger partial charge in [0.2, 0.25) is 11.6 Å². The summed E-state index contributed by atoms with van der Waals surface area (Å²) in [4.78, 5) is 11.8. The smallest absolute Gasteiger partial charge is 0.438 e. The molecule has 4 nitrogen and oxygen atoms in total. The van der Waals surface area contributed by atoms with E-state index >= 15 is 0 Å². The van der Waals surface area contributed by atoms with Gasteiger partial charge in [-0.2, -0.15) is 22.7 Å². The molecule has 1 aromatic rings. The van der Waals surface area contributed by atoms with Crippen LogP contribution in [0, 0.1) is 0 Å². The first kappa shape index (κ1) is 16.1. The van der Waals surface area contributed by atoms with Gasteiger partial charge in [-0.1, -0.05) is 16.6 Å². The lowest BCUT2D eigenvalue weighted by atomic mass is 10.1. The van der Waals surface area contributed by atoms with E-state index in [0.29, 0.717) is 4.90 Å². The number of rotatable bonds is 2. The van der Waals surface area contributed by atoms with Gasteiger partial charge >= 0.3 is 12.1 Å². The van der Waals surface area contributed by atoms with E-state index in [9.17, 15) is 26.8 Å². The summed E-state index contributed by atoms with van der Waals surface area (Å²) in [6.07, 6.45) is -6.77. The highest BCUT2D eigenvalue weighted by Gasteiger charge is 2.51. The van der Waals surface area contributed by atoms with Gasteiger partial charge in [0.25, 0.3) is 0 Å². The molecule has 0 N–H and O–H groups in total. The average Bonchev–Trinajstić information content (AvgIpc) is 2.68. The van der Waals surface area contributed by atoms with E-state index in [2.05, 4.69) is 4.74 Å². The first-order valence-corrected chi connectivity index (χ1v) is 6.01. The first-order chi connectivity index (χ1) is 10.2. The molecule has 0 saturated carbocycles. The molecule has 22 heavy (non-hydrogen) atoms. The van der Waals surface area contributed by atoms with Crippen LogP contribution in [-0.4, -0.2) is 36.3 Å². The van der Waals surface area contributed by atoms with Crippen molar-refractivity contribution in [1.82, 2.24) is 10.0 Å². The number of carbonyl (C=O) groups is 1. The molecule has 0 aromatic heterocycles. The van der Waals surface area contributed by atoms with Crippen LogP contribution in [0.1, 0.15) is 22.1 Å². The molecule has 0 amide bonds. The van der Waals surface area contributed by atoms with Gasteiger partial charge in [0.05, 0.1) is 12.7 Å². The minimum absolute atomic E-state index is 0.0482. The lowest BCUT2D eigenvalue weighted by molar-refractivity contribution is -0.144. The Kier molecular flexibility index (Phi) is 3.99. The van der Waals surface area contributed by atoms with Gasteiger partial charge in [0.1, 0.15) is 0 Å². The van der Waals surface area contributed by atoms with Crippen molar-refractivity contribution in [3.63, 3.8) is 0 Å². The Morgan fingerprint density at radius 1 is 1.23 bits per heavy atom. The number of hydrogen-bond acceptors (Lipinski definition) is 4. The summed E-state index contributed by atoms with van der Waals surface area (Å²) in [5.74, 6) is -2.36. The van der Waals surface area contributed by atoms with Crippen molar-refractivity contribution in [3.8, 4) is 0 Å². The first-order valence-electron chi connectivity index (χ1n) is 6.01. The fourth-order valence-electron chi connectivity index (χ4n) is 2.14. The van der Waals surface area contributed by atoms with Gasteiger partial charge in [-0.05, 0) is 17.7 Å². The predicted octanol–water partition coefficient (Wildman–Crippen LogP) is 3.30. The Morgan fingerprint density at radius 2 is 1.77 bits per heavy atom. The largest absolute Gasteiger partial charge is 0.465 e. The van der Waals surface area contributed by atoms with Gasteiger partial charge < -0.3 is 9.64 Å². The van der Waals surface area contributed by atoms with Gasteiger partial charge in [-0.25, -0.2) is 4.79 Å². The molecule has 1 heterocycles. The fourth-order valence-corrected chi connectivity index (χ4v) is 2.14. The topological polar surface area (TPSA) is 32.8 Å². The van der Waals surface area contributed by atoms with Crippen molar-refractivity contribution in [2.75, 3.05) is 14.2 Å². The number of benzene rings is 1. The highest BCUT2D eigenvalue weighted by molar-refractivity contribution is 5.89. The van der Waals surface area contributed by atoms with E-state index in [-0.39, 0.29) is 11.1 Å². The van der Waals surface area contributed by atoms with Crippen LogP contribution in [0.15, 0.2) is 35.9 Å². The highest BCUT2D eigenvalue weighted by atomic mass is 19.4. The van der Waals surface area contributed by atoms with E-state index in [1.807, 2.05) is 0 Å². The number of carbonyl (C=O) groups excluding carboxylic acids is 1. The van der Waals surface area contributed by atoms with Crippen molar-refractivity contribution in [1.29, 1.82) is 0 Å². The lowest BCUT2D eigenvalue weighted by Crippen LogP contribution is -2.28. The molecule has 0 saturated heterocycles. The molecule has 0 bridgehead atoms.